The molecule has 9 nitrogen and oxygen atoms in total. The molecule has 0 bridgehead atoms. The van der Waals surface area contributed by atoms with Crippen LogP contribution in [0.4, 0.5) is 4.79 Å². The Hall–Kier alpha value is -2.32. The highest BCUT2D eigenvalue weighted by Crippen LogP contribution is 2.48. The van der Waals surface area contributed by atoms with Crippen LogP contribution in [0.25, 0.3) is 0 Å². The molecular formula is C22H34N4O5. The topological polar surface area (TPSA) is 113 Å². The Kier molecular flexibility index (Phi) is 5.21. The number of fused-ring (bicyclic) bond motifs is 1. The van der Waals surface area contributed by atoms with Crippen LogP contribution >= 0.6 is 0 Å². The summed E-state index contributed by atoms with van der Waals surface area (Å²) in [6, 6.07) is -0.612. The number of amides is 4. The van der Waals surface area contributed by atoms with Crippen LogP contribution in [0, 0.1) is 0 Å². The lowest BCUT2D eigenvalue weighted by Gasteiger charge is -2.50. The Labute approximate surface area is 183 Å². The number of rotatable bonds is 2. The normalized spacial score (nSPS) is 33.2. The molecule has 0 radical (unpaired) electrons. The van der Waals surface area contributed by atoms with E-state index in [1.54, 1.807) is 30.6 Å². The lowest BCUT2D eigenvalue weighted by molar-refractivity contribution is -0.165. The number of hydrogen-bond acceptors (Lipinski definition) is 5. The van der Waals surface area contributed by atoms with E-state index in [2.05, 4.69) is 0 Å². The summed E-state index contributed by atoms with van der Waals surface area (Å²) in [5.74, 6) is -0.779. The third kappa shape index (κ3) is 3.36. The summed E-state index contributed by atoms with van der Waals surface area (Å²) < 4.78 is 5.51. The predicted octanol–water partition coefficient (Wildman–Crippen LogP) is 1.39. The molecule has 4 saturated heterocycles. The van der Waals surface area contributed by atoms with E-state index in [0.29, 0.717) is 51.7 Å². The second kappa shape index (κ2) is 7.38. The van der Waals surface area contributed by atoms with E-state index >= 15 is 0 Å². The van der Waals surface area contributed by atoms with Crippen molar-refractivity contribution in [1.82, 2.24) is 14.7 Å². The summed E-state index contributed by atoms with van der Waals surface area (Å²) in [5.41, 5.74) is 3.24. The molecule has 0 saturated carbocycles. The Morgan fingerprint density at radius 3 is 2.39 bits per heavy atom. The molecule has 9 heteroatoms. The van der Waals surface area contributed by atoms with Gasteiger partial charge in [-0.3, -0.25) is 19.3 Å². The van der Waals surface area contributed by atoms with Crippen LogP contribution in [-0.4, -0.2) is 80.9 Å². The number of carbonyl (C=O) groups is 4. The van der Waals surface area contributed by atoms with Crippen LogP contribution < -0.4 is 5.73 Å². The van der Waals surface area contributed by atoms with Crippen molar-refractivity contribution in [2.75, 3.05) is 19.6 Å². The van der Waals surface area contributed by atoms with Crippen molar-refractivity contribution in [2.24, 2.45) is 5.73 Å². The molecule has 4 aliphatic heterocycles. The third-order valence-electron chi connectivity index (χ3n) is 7.46. The molecule has 31 heavy (non-hydrogen) atoms. The zero-order valence-electron chi connectivity index (χ0n) is 18.8. The first-order valence-corrected chi connectivity index (χ1v) is 11.4. The maximum atomic E-state index is 13.7. The van der Waals surface area contributed by atoms with Gasteiger partial charge in [0.25, 0.3) is 0 Å². The fraction of sp³-hybridized carbons (Fsp3) is 0.818. The number of ether oxygens (including phenoxy) is 1. The molecule has 4 heterocycles. The van der Waals surface area contributed by atoms with Crippen molar-refractivity contribution in [1.29, 1.82) is 0 Å². The molecule has 172 valence electrons. The number of hydrogen-bond donors (Lipinski definition) is 1. The van der Waals surface area contributed by atoms with E-state index in [-0.39, 0.29) is 11.8 Å². The molecule has 3 atom stereocenters. The molecule has 0 aliphatic carbocycles. The van der Waals surface area contributed by atoms with Gasteiger partial charge in [-0.05, 0) is 72.1 Å². The average molecular weight is 435 g/mol. The Bertz CT molecular complexity index is 808. The summed E-state index contributed by atoms with van der Waals surface area (Å²) >= 11 is 0. The minimum atomic E-state index is -0.928. The van der Waals surface area contributed by atoms with Gasteiger partial charge < -0.3 is 20.3 Å². The van der Waals surface area contributed by atoms with Crippen molar-refractivity contribution in [3.05, 3.63) is 0 Å². The zero-order valence-corrected chi connectivity index (χ0v) is 18.8. The summed E-state index contributed by atoms with van der Waals surface area (Å²) in [6.45, 7) is 6.86. The van der Waals surface area contributed by atoms with Gasteiger partial charge >= 0.3 is 6.09 Å². The molecule has 4 fully saturated rings. The average Bonchev–Trinajstić information content (AvgIpc) is 3.41. The number of carbonyl (C=O) groups excluding carboxylic acids is 4. The first-order chi connectivity index (χ1) is 14.5. The van der Waals surface area contributed by atoms with Gasteiger partial charge in [0, 0.05) is 19.6 Å². The molecular weight excluding hydrogens is 400 g/mol. The summed E-state index contributed by atoms with van der Waals surface area (Å²) in [5, 5.41) is 0. The van der Waals surface area contributed by atoms with E-state index in [1.807, 2.05) is 0 Å². The lowest BCUT2D eigenvalue weighted by atomic mass is 9.75. The van der Waals surface area contributed by atoms with Crippen LogP contribution in [0.1, 0.15) is 72.1 Å². The molecule has 4 amide bonds. The highest BCUT2D eigenvalue weighted by molar-refractivity contribution is 5.99. The standard InChI is InChI=1S/C22H34N4O5/c1-20(2,3)31-19(30)24-12-4-7-15(24)16(27)25-13-6-9-22(25)11-10-21(17(23)28)8-5-14-26(21)18(22)29/h15H,4-14H2,1-3H3,(H2,23,28)/t15-,21+,22+/m0/s1. The second-order valence-corrected chi connectivity index (χ2v) is 10.4. The van der Waals surface area contributed by atoms with Crippen molar-refractivity contribution >= 4 is 23.8 Å². The number of piperidine rings is 1. The molecule has 2 N–H and O–H groups in total. The predicted molar refractivity (Wildman–Crippen MR) is 112 cm³/mol. The fourth-order valence-electron chi connectivity index (χ4n) is 6.01. The van der Waals surface area contributed by atoms with Gasteiger partial charge in [0.05, 0.1) is 0 Å². The van der Waals surface area contributed by atoms with Crippen LogP contribution in [-0.2, 0) is 19.1 Å². The maximum absolute atomic E-state index is 13.7. The molecule has 4 rings (SSSR count). The number of nitrogens with zero attached hydrogens (tertiary/aromatic N) is 3. The Morgan fingerprint density at radius 1 is 1.00 bits per heavy atom. The van der Waals surface area contributed by atoms with E-state index in [0.717, 1.165) is 19.3 Å². The van der Waals surface area contributed by atoms with Gasteiger partial charge in [0.15, 0.2) is 0 Å². The van der Waals surface area contributed by atoms with E-state index in [1.165, 1.54) is 4.90 Å². The summed E-state index contributed by atoms with van der Waals surface area (Å²) in [7, 11) is 0. The SMILES string of the molecule is CC(C)(C)OC(=O)N1CCC[C@H]1C(=O)N1CCC[C@]12CC[C@@]1(C(N)=O)CCCN1C2=O. The summed E-state index contributed by atoms with van der Waals surface area (Å²) in [6.07, 6.45) is 4.37. The molecule has 0 unspecified atom stereocenters. The molecule has 0 aromatic heterocycles. The highest BCUT2D eigenvalue weighted by atomic mass is 16.6. The second-order valence-electron chi connectivity index (χ2n) is 10.4. The van der Waals surface area contributed by atoms with Crippen molar-refractivity contribution in [2.45, 2.75) is 94.9 Å². The summed E-state index contributed by atoms with van der Waals surface area (Å²) in [4.78, 5) is 57.2. The zero-order chi connectivity index (χ0) is 22.6. The third-order valence-corrected chi connectivity index (χ3v) is 7.46. The van der Waals surface area contributed by atoms with Gasteiger partial charge in [0.2, 0.25) is 17.7 Å². The van der Waals surface area contributed by atoms with Crippen LogP contribution in [0.15, 0.2) is 0 Å². The maximum Gasteiger partial charge on any atom is 0.410 e. The molecule has 0 aromatic rings. The Balaban J connectivity index is 1.57. The fourth-order valence-corrected chi connectivity index (χ4v) is 6.01. The van der Waals surface area contributed by atoms with Crippen LogP contribution in [0.3, 0.4) is 0 Å². The highest BCUT2D eigenvalue weighted by Gasteiger charge is 2.62. The monoisotopic (exact) mass is 434 g/mol. The minimum absolute atomic E-state index is 0.150. The molecule has 1 spiro atoms. The number of likely N-dealkylation sites (tertiary alicyclic amines) is 2. The van der Waals surface area contributed by atoms with Gasteiger partial charge in [-0.1, -0.05) is 0 Å². The van der Waals surface area contributed by atoms with Gasteiger partial charge in [0.1, 0.15) is 22.7 Å². The van der Waals surface area contributed by atoms with Crippen molar-refractivity contribution in [3.8, 4) is 0 Å². The smallest absolute Gasteiger partial charge is 0.410 e. The van der Waals surface area contributed by atoms with Gasteiger partial charge in [-0.2, -0.15) is 0 Å². The number of primary amides is 1. The van der Waals surface area contributed by atoms with Gasteiger partial charge in [-0.25, -0.2) is 4.79 Å². The van der Waals surface area contributed by atoms with E-state index in [4.69, 9.17) is 10.5 Å². The lowest BCUT2D eigenvalue weighted by Crippen LogP contribution is -2.70. The first-order valence-electron chi connectivity index (χ1n) is 11.4. The molecule has 4 aliphatic rings. The van der Waals surface area contributed by atoms with Crippen molar-refractivity contribution < 1.29 is 23.9 Å². The van der Waals surface area contributed by atoms with Gasteiger partial charge in [-0.15, -0.1) is 0 Å². The van der Waals surface area contributed by atoms with Crippen LogP contribution in [0.2, 0.25) is 0 Å². The largest absolute Gasteiger partial charge is 0.444 e. The first kappa shape index (κ1) is 21.9. The minimum Gasteiger partial charge on any atom is -0.444 e. The van der Waals surface area contributed by atoms with E-state index in [9.17, 15) is 19.2 Å². The number of nitrogens with two attached hydrogens (primary N) is 1. The van der Waals surface area contributed by atoms with Crippen LogP contribution in [0.5, 0.6) is 0 Å². The Morgan fingerprint density at radius 2 is 1.71 bits per heavy atom. The van der Waals surface area contributed by atoms with Crippen molar-refractivity contribution in [3.63, 3.8) is 0 Å². The quantitative estimate of drug-likeness (QED) is 0.706. The van der Waals surface area contributed by atoms with E-state index < -0.39 is 34.7 Å². The molecule has 0 aromatic carbocycles.